The molecule has 4 heteroatoms. The van der Waals surface area contributed by atoms with E-state index in [2.05, 4.69) is 6.07 Å². The molecule has 1 rings (SSSR count). The summed E-state index contributed by atoms with van der Waals surface area (Å²) in [5.41, 5.74) is 0. The van der Waals surface area contributed by atoms with E-state index in [9.17, 15) is 4.21 Å². The fourth-order valence-electron chi connectivity index (χ4n) is 1.14. The SMILES string of the molecule is N#CCCCCS(=O)c1ccc(Cl)cc1. The van der Waals surface area contributed by atoms with Crippen molar-refractivity contribution < 1.29 is 4.21 Å². The van der Waals surface area contributed by atoms with Crippen molar-refractivity contribution in [3.8, 4) is 6.07 Å². The lowest BCUT2D eigenvalue weighted by Gasteiger charge is -2.01. The highest BCUT2D eigenvalue weighted by Crippen LogP contribution is 2.13. The minimum atomic E-state index is -0.963. The lowest BCUT2D eigenvalue weighted by atomic mass is 10.3. The van der Waals surface area contributed by atoms with Gasteiger partial charge in [0.1, 0.15) is 0 Å². The number of unbranched alkanes of at least 4 members (excludes halogenated alkanes) is 2. The zero-order valence-corrected chi connectivity index (χ0v) is 9.85. The van der Waals surface area contributed by atoms with Gasteiger partial charge in [0, 0.05) is 22.1 Å². The Balaban J connectivity index is 2.41. The quantitative estimate of drug-likeness (QED) is 0.743. The van der Waals surface area contributed by atoms with Crippen LogP contribution in [0.15, 0.2) is 29.2 Å². The highest BCUT2D eigenvalue weighted by atomic mass is 35.5. The molecule has 0 spiro atoms. The minimum Gasteiger partial charge on any atom is -0.254 e. The predicted octanol–water partition coefficient (Wildman–Crippen LogP) is 3.14. The van der Waals surface area contributed by atoms with E-state index in [-0.39, 0.29) is 0 Å². The van der Waals surface area contributed by atoms with Crippen LogP contribution in [0.4, 0.5) is 0 Å². The van der Waals surface area contributed by atoms with Crippen molar-refractivity contribution in [2.75, 3.05) is 5.75 Å². The lowest BCUT2D eigenvalue weighted by Crippen LogP contribution is -1.97. The van der Waals surface area contributed by atoms with Crippen molar-refractivity contribution in [3.05, 3.63) is 29.3 Å². The Kier molecular flexibility index (Phi) is 5.38. The fourth-order valence-corrected chi connectivity index (χ4v) is 2.41. The second-order valence-electron chi connectivity index (χ2n) is 3.12. The molecule has 0 aliphatic carbocycles. The minimum absolute atomic E-state index is 0.540. The standard InChI is InChI=1S/C11H12ClNOS/c12-10-4-6-11(7-5-10)15(14)9-3-1-2-8-13/h4-7H,1-3,9H2. The summed E-state index contributed by atoms with van der Waals surface area (Å²) in [6.07, 6.45) is 2.18. The number of nitriles is 1. The summed E-state index contributed by atoms with van der Waals surface area (Å²) in [7, 11) is -0.963. The van der Waals surface area contributed by atoms with E-state index in [4.69, 9.17) is 16.9 Å². The molecule has 0 heterocycles. The Morgan fingerprint density at radius 1 is 1.27 bits per heavy atom. The van der Waals surface area contributed by atoms with Crippen molar-refractivity contribution >= 4 is 22.4 Å². The van der Waals surface area contributed by atoms with Gasteiger partial charge in [-0.15, -0.1) is 0 Å². The van der Waals surface area contributed by atoms with Crippen LogP contribution in [0.25, 0.3) is 0 Å². The van der Waals surface area contributed by atoms with Crippen molar-refractivity contribution in [2.24, 2.45) is 0 Å². The third-order valence-electron chi connectivity index (χ3n) is 1.94. The average molecular weight is 242 g/mol. The van der Waals surface area contributed by atoms with E-state index in [1.54, 1.807) is 24.3 Å². The predicted molar refractivity (Wildman–Crippen MR) is 62.2 cm³/mol. The number of benzene rings is 1. The van der Waals surface area contributed by atoms with Crippen LogP contribution in [0, 0.1) is 11.3 Å². The second kappa shape index (κ2) is 6.60. The summed E-state index contributed by atoms with van der Waals surface area (Å²) in [6.45, 7) is 0. The van der Waals surface area contributed by atoms with Gasteiger partial charge in [0.2, 0.25) is 0 Å². The smallest absolute Gasteiger partial charge is 0.0621 e. The van der Waals surface area contributed by atoms with Crippen LogP contribution in [-0.2, 0) is 10.8 Å². The molecule has 0 N–H and O–H groups in total. The van der Waals surface area contributed by atoms with E-state index in [0.29, 0.717) is 17.2 Å². The summed E-state index contributed by atoms with van der Waals surface area (Å²) in [5.74, 6) is 0.614. The maximum atomic E-state index is 11.7. The molecule has 2 nitrogen and oxygen atoms in total. The number of hydrogen-bond acceptors (Lipinski definition) is 2. The lowest BCUT2D eigenvalue weighted by molar-refractivity contribution is 0.678. The van der Waals surface area contributed by atoms with Crippen LogP contribution in [0.2, 0.25) is 5.02 Å². The van der Waals surface area contributed by atoms with Gasteiger partial charge >= 0.3 is 0 Å². The molecule has 0 radical (unpaired) electrons. The summed E-state index contributed by atoms with van der Waals surface area (Å²) in [4.78, 5) is 0.802. The van der Waals surface area contributed by atoms with Crippen LogP contribution in [0.5, 0.6) is 0 Å². The van der Waals surface area contributed by atoms with Gasteiger partial charge < -0.3 is 0 Å². The van der Waals surface area contributed by atoms with Crippen molar-refractivity contribution in [1.29, 1.82) is 5.26 Å². The topological polar surface area (TPSA) is 40.9 Å². The Morgan fingerprint density at radius 3 is 2.53 bits per heavy atom. The molecule has 15 heavy (non-hydrogen) atoms. The third kappa shape index (κ3) is 4.46. The Labute approximate surface area is 97.3 Å². The van der Waals surface area contributed by atoms with Gasteiger partial charge in [-0.3, -0.25) is 4.21 Å². The van der Waals surface area contributed by atoms with Gasteiger partial charge in [0.25, 0.3) is 0 Å². The van der Waals surface area contributed by atoms with Crippen LogP contribution in [0.1, 0.15) is 19.3 Å². The summed E-state index contributed by atoms with van der Waals surface area (Å²) in [5, 5.41) is 8.99. The molecule has 0 fully saturated rings. The summed E-state index contributed by atoms with van der Waals surface area (Å²) in [6, 6.07) is 9.11. The number of nitrogens with zero attached hydrogens (tertiary/aromatic N) is 1. The Bertz CT molecular complexity index is 369. The Hall–Kier alpha value is -0.850. The zero-order valence-electron chi connectivity index (χ0n) is 8.28. The molecule has 0 aliphatic heterocycles. The molecule has 0 saturated carbocycles. The molecule has 0 bridgehead atoms. The van der Waals surface area contributed by atoms with Crippen LogP contribution < -0.4 is 0 Å². The molecule has 0 saturated heterocycles. The molecule has 1 aromatic carbocycles. The van der Waals surface area contributed by atoms with E-state index in [1.165, 1.54) is 0 Å². The van der Waals surface area contributed by atoms with Gasteiger partial charge in [0.05, 0.1) is 16.9 Å². The molecular weight excluding hydrogens is 230 g/mol. The van der Waals surface area contributed by atoms with Crippen LogP contribution in [0.3, 0.4) is 0 Å². The average Bonchev–Trinajstić information content (AvgIpc) is 2.25. The number of hydrogen-bond donors (Lipinski definition) is 0. The summed E-state index contributed by atoms with van der Waals surface area (Å²) >= 11 is 5.73. The zero-order chi connectivity index (χ0) is 11.1. The molecule has 1 atom stereocenters. The molecule has 80 valence electrons. The first-order valence-electron chi connectivity index (χ1n) is 4.75. The van der Waals surface area contributed by atoms with Gasteiger partial charge in [-0.1, -0.05) is 11.6 Å². The molecule has 0 aromatic heterocycles. The van der Waals surface area contributed by atoms with Gasteiger partial charge in [-0.2, -0.15) is 5.26 Å². The van der Waals surface area contributed by atoms with Gasteiger partial charge in [-0.25, -0.2) is 0 Å². The van der Waals surface area contributed by atoms with Crippen LogP contribution >= 0.6 is 11.6 Å². The molecule has 0 aliphatic rings. The van der Waals surface area contributed by atoms with Gasteiger partial charge in [-0.05, 0) is 37.1 Å². The molecule has 1 unspecified atom stereocenters. The fraction of sp³-hybridized carbons (Fsp3) is 0.364. The highest BCUT2D eigenvalue weighted by molar-refractivity contribution is 7.85. The highest BCUT2D eigenvalue weighted by Gasteiger charge is 2.02. The van der Waals surface area contributed by atoms with E-state index in [1.807, 2.05) is 0 Å². The molecular formula is C11H12ClNOS. The number of halogens is 1. The van der Waals surface area contributed by atoms with Gasteiger partial charge in [0.15, 0.2) is 0 Å². The first-order valence-corrected chi connectivity index (χ1v) is 6.44. The van der Waals surface area contributed by atoms with Crippen LogP contribution in [-0.4, -0.2) is 9.96 Å². The van der Waals surface area contributed by atoms with Crippen molar-refractivity contribution in [1.82, 2.24) is 0 Å². The van der Waals surface area contributed by atoms with Crippen molar-refractivity contribution in [3.63, 3.8) is 0 Å². The summed E-state index contributed by atoms with van der Waals surface area (Å²) < 4.78 is 11.7. The van der Waals surface area contributed by atoms with E-state index < -0.39 is 10.8 Å². The third-order valence-corrected chi connectivity index (χ3v) is 3.65. The van der Waals surface area contributed by atoms with Crippen molar-refractivity contribution in [2.45, 2.75) is 24.2 Å². The molecule has 0 amide bonds. The van der Waals surface area contributed by atoms with E-state index >= 15 is 0 Å². The maximum Gasteiger partial charge on any atom is 0.0621 e. The normalized spacial score (nSPS) is 12.0. The van der Waals surface area contributed by atoms with E-state index in [0.717, 1.165) is 17.7 Å². The maximum absolute atomic E-state index is 11.7. The Morgan fingerprint density at radius 2 is 1.93 bits per heavy atom. The monoisotopic (exact) mass is 241 g/mol. The largest absolute Gasteiger partial charge is 0.254 e. The molecule has 1 aromatic rings. The first-order chi connectivity index (χ1) is 7.24. The number of rotatable bonds is 5. The first kappa shape index (κ1) is 12.2. The second-order valence-corrected chi connectivity index (χ2v) is 5.13.